The second-order valence-electron chi connectivity index (χ2n) is 13.8. The van der Waals surface area contributed by atoms with Gasteiger partial charge in [0.25, 0.3) is 11.8 Å². The highest BCUT2D eigenvalue weighted by atomic mass is 16.5. The predicted molar refractivity (Wildman–Crippen MR) is 205 cm³/mol. The molecule has 54 heavy (non-hydrogen) atoms. The van der Waals surface area contributed by atoms with Crippen molar-refractivity contribution in [2.75, 3.05) is 27.3 Å². The van der Waals surface area contributed by atoms with Crippen molar-refractivity contribution >= 4 is 11.8 Å². The predicted octanol–water partition coefficient (Wildman–Crippen LogP) is 7.63. The lowest BCUT2D eigenvalue weighted by Gasteiger charge is -2.27. The van der Waals surface area contributed by atoms with Gasteiger partial charge in [-0.3, -0.25) is 14.6 Å². The van der Waals surface area contributed by atoms with Crippen LogP contribution in [0.15, 0.2) is 116 Å². The highest BCUT2D eigenvalue weighted by molar-refractivity contribution is 5.83. The second kappa shape index (κ2) is 15.6. The average molecular weight is 722 g/mol. The van der Waals surface area contributed by atoms with Crippen molar-refractivity contribution in [2.24, 2.45) is 0 Å². The van der Waals surface area contributed by atoms with E-state index in [1.807, 2.05) is 101 Å². The molecular formula is C43H43N7O4. The molecule has 0 aliphatic carbocycles. The molecule has 8 rings (SSSR count). The van der Waals surface area contributed by atoms with Gasteiger partial charge in [0, 0.05) is 44.6 Å². The van der Waals surface area contributed by atoms with Gasteiger partial charge in [-0.2, -0.15) is 0 Å². The van der Waals surface area contributed by atoms with Crippen LogP contribution in [0, 0.1) is 0 Å². The number of imidazole rings is 2. The van der Waals surface area contributed by atoms with E-state index in [-0.39, 0.29) is 23.9 Å². The number of H-pyrrole nitrogens is 2. The Balaban J connectivity index is 0.924. The molecule has 2 aliphatic rings. The van der Waals surface area contributed by atoms with Crippen molar-refractivity contribution in [1.82, 2.24) is 34.7 Å². The first-order valence-electron chi connectivity index (χ1n) is 18.5. The third-order valence-electron chi connectivity index (χ3n) is 10.6. The van der Waals surface area contributed by atoms with E-state index in [1.165, 1.54) is 0 Å². The normalized spacial score (nSPS) is 18.2. The number of aromatic nitrogens is 5. The molecule has 2 aliphatic heterocycles. The van der Waals surface area contributed by atoms with Crippen LogP contribution < -0.4 is 0 Å². The summed E-state index contributed by atoms with van der Waals surface area (Å²) in [5.41, 5.74) is 7.16. The maximum absolute atomic E-state index is 13.6. The van der Waals surface area contributed by atoms with E-state index in [1.54, 1.807) is 14.2 Å². The van der Waals surface area contributed by atoms with E-state index < -0.39 is 12.2 Å². The number of ether oxygens (including phenoxy) is 2. The van der Waals surface area contributed by atoms with Crippen LogP contribution in [0.1, 0.15) is 72.8 Å². The summed E-state index contributed by atoms with van der Waals surface area (Å²) in [6.07, 6.45) is 7.67. The molecule has 0 radical (unpaired) electrons. The zero-order chi connectivity index (χ0) is 37.0. The van der Waals surface area contributed by atoms with Crippen LogP contribution in [-0.4, -0.2) is 73.8 Å². The van der Waals surface area contributed by atoms with Crippen LogP contribution in [-0.2, 0) is 19.1 Å². The summed E-state index contributed by atoms with van der Waals surface area (Å²) in [4.78, 5) is 52.1. The van der Waals surface area contributed by atoms with Crippen LogP contribution in [0.3, 0.4) is 0 Å². The largest absolute Gasteiger partial charge is 0.367 e. The van der Waals surface area contributed by atoms with E-state index in [4.69, 9.17) is 24.4 Å². The van der Waals surface area contributed by atoms with Gasteiger partial charge in [-0.05, 0) is 54.5 Å². The molecule has 2 saturated heterocycles. The molecule has 5 heterocycles. The van der Waals surface area contributed by atoms with Gasteiger partial charge >= 0.3 is 0 Å². The molecule has 0 saturated carbocycles. The lowest BCUT2D eigenvalue weighted by molar-refractivity contribution is -0.144. The van der Waals surface area contributed by atoms with Crippen LogP contribution >= 0.6 is 0 Å². The third-order valence-corrected chi connectivity index (χ3v) is 10.6. The summed E-state index contributed by atoms with van der Waals surface area (Å²) in [6, 6.07) is 31.2. The Bertz CT molecular complexity index is 2030. The standard InChI is InChI=1S/C43H43N7O4/c1-53-38(30-11-5-3-6-12-30)42(51)49-23-9-15-36(49)40-45-26-34(47-40)29-19-17-28(18-20-29)33-22-21-32(25-44-33)35-27-46-41(48-35)37-16-10-24-50(37)43(52)39(54-2)31-13-7-4-8-14-31/h3-8,11-14,17-22,25-27,36-39H,9-10,15-16,23-24H2,1-2H3,(H,45,47)(H,46,48)/t36-,37-,38+,39+/m0/s1. The number of carbonyl (C=O) groups is 2. The minimum Gasteiger partial charge on any atom is -0.367 e. The minimum absolute atomic E-state index is 0.0490. The van der Waals surface area contributed by atoms with Crippen molar-refractivity contribution in [3.63, 3.8) is 0 Å². The Kier molecular flexibility index (Phi) is 10.1. The Hall–Kier alpha value is -5.91. The molecule has 2 fully saturated rings. The van der Waals surface area contributed by atoms with Crippen molar-refractivity contribution in [3.8, 4) is 33.8 Å². The molecule has 0 unspecified atom stereocenters. The Labute approximate surface area is 314 Å². The molecule has 3 aromatic carbocycles. The number of amides is 2. The fourth-order valence-electron chi connectivity index (χ4n) is 7.80. The fourth-order valence-corrected chi connectivity index (χ4v) is 7.80. The Morgan fingerprint density at radius 3 is 1.52 bits per heavy atom. The van der Waals surface area contributed by atoms with Gasteiger partial charge < -0.3 is 29.2 Å². The lowest BCUT2D eigenvalue weighted by atomic mass is 10.1. The summed E-state index contributed by atoms with van der Waals surface area (Å²) in [6.45, 7) is 1.33. The zero-order valence-corrected chi connectivity index (χ0v) is 30.4. The molecule has 274 valence electrons. The summed E-state index contributed by atoms with van der Waals surface area (Å²) in [5.74, 6) is 1.44. The molecule has 0 bridgehead atoms. The van der Waals surface area contributed by atoms with E-state index in [2.05, 4.69) is 34.2 Å². The molecule has 11 nitrogen and oxygen atoms in total. The molecule has 4 atom stereocenters. The number of methoxy groups -OCH3 is 2. The summed E-state index contributed by atoms with van der Waals surface area (Å²) < 4.78 is 11.3. The molecule has 2 N–H and O–H groups in total. The van der Waals surface area contributed by atoms with Crippen LogP contribution in [0.25, 0.3) is 33.8 Å². The van der Waals surface area contributed by atoms with Crippen molar-refractivity contribution in [2.45, 2.75) is 50.0 Å². The smallest absolute Gasteiger partial charge is 0.256 e. The lowest BCUT2D eigenvalue weighted by Crippen LogP contribution is -2.35. The van der Waals surface area contributed by atoms with Crippen molar-refractivity contribution < 1.29 is 19.1 Å². The number of carbonyl (C=O) groups excluding carboxylic acids is 2. The first-order chi connectivity index (χ1) is 26.5. The number of benzene rings is 3. The van der Waals surface area contributed by atoms with E-state index >= 15 is 0 Å². The number of nitrogens with zero attached hydrogens (tertiary/aromatic N) is 5. The van der Waals surface area contributed by atoms with Crippen molar-refractivity contribution in [1.29, 1.82) is 0 Å². The molecule has 2 amide bonds. The maximum atomic E-state index is 13.6. The van der Waals surface area contributed by atoms with Gasteiger partial charge in [0.2, 0.25) is 0 Å². The molecule has 6 aromatic rings. The monoisotopic (exact) mass is 721 g/mol. The zero-order valence-electron chi connectivity index (χ0n) is 30.4. The number of nitrogens with one attached hydrogen (secondary N) is 2. The first kappa shape index (κ1) is 35.1. The van der Waals surface area contributed by atoms with E-state index in [9.17, 15) is 9.59 Å². The van der Waals surface area contributed by atoms with Crippen LogP contribution in [0.2, 0.25) is 0 Å². The highest BCUT2D eigenvalue weighted by Crippen LogP contribution is 2.36. The summed E-state index contributed by atoms with van der Waals surface area (Å²) in [7, 11) is 3.15. The number of aromatic amines is 2. The first-order valence-corrected chi connectivity index (χ1v) is 18.5. The fraction of sp³-hybridized carbons (Fsp3) is 0.279. The number of rotatable bonds is 11. The topological polar surface area (TPSA) is 129 Å². The van der Waals surface area contributed by atoms with Crippen LogP contribution in [0.4, 0.5) is 0 Å². The van der Waals surface area contributed by atoms with Gasteiger partial charge in [-0.1, -0.05) is 84.9 Å². The second-order valence-corrected chi connectivity index (χ2v) is 13.8. The van der Waals surface area contributed by atoms with Gasteiger partial charge in [0.1, 0.15) is 11.6 Å². The minimum atomic E-state index is -0.654. The number of hydrogen-bond acceptors (Lipinski definition) is 7. The third kappa shape index (κ3) is 6.95. The maximum Gasteiger partial charge on any atom is 0.256 e. The number of pyridine rings is 1. The quantitative estimate of drug-likeness (QED) is 0.141. The molecular weight excluding hydrogens is 679 g/mol. The van der Waals surface area contributed by atoms with Crippen LogP contribution in [0.5, 0.6) is 0 Å². The van der Waals surface area contributed by atoms with Gasteiger partial charge in [0.05, 0.1) is 41.6 Å². The average Bonchev–Trinajstić information content (AvgIpc) is 4.07. The molecule has 11 heteroatoms. The van der Waals surface area contributed by atoms with E-state index in [0.717, 1.165) is 82.2 Å². The summed E-state index contributed by atoms with van der Waals surface area (Å²) in [5, 5.41) is 0. The Morgan fingerprint density at radius 1 is 0.593 bits per heavy atom. The van der Waals surface area contributed by atoms with Gasteiger partial charge in [-0.15, -0.1) is 0 Å². The number of hydrogen-bond donors (Lipinski definition) is 2. The molecule has 0 spiro atoms. The number of likely N-dealkylation sites (tertiary alicyclic amines) is 2. The van der Waals surface area contributed by atoms with Gasteiger partial charge in [-0.25, -0.2) is 9.97 Å². The Morgan fingerprint density at radius 2 is 1.06 bits per heavy atom. The van der Waals surface area contributed by atoms with E-state index in [0.29, 0.717) is 13.1 Å². The SMILES string of the molecule is CO[C@@H](C(=O)N1CCC[C@H]1c1ncc(-c2ccc(-c3ccc(-c4cnc([C@@H]5CCCN5C(=O)[C@H](OC)c5ccccc5)[nH]4)cn3)cc2)[nH]1)c1ccccc1. The van der Waals surface area contributed by atoms with Crippen molar-refractivity contribution in [3.05, 3.63) is 138 Å². The van der Waals surface area contributed by atoms with Gasteiger partial charge in [0.15, 0.2) is 12.2 Å². The summed E-state index contributed by atoms with van der Waals surface area (Å²) >= 11 is 0. The molecule has 3 aromatic heterocycles. The highest BCUT2D eigenvalue weighted by Gasteiger charge is 2.37.